The van der Waals surface area contributed by atoms with Crippen LogP contribution in [0.4, 0.5) is 6.01 Å². The van der Waals surface area contributed by atoms with E-state index < -0.39 is 0 Å². The Morgan fingerprint density at radius 3 is 2.72 bits per heavy atom. The standard InChI is InChI=1S/C18H27N5O2/c19-16(12-14-4-2-1-3-5-14)17-21-22-18(25-17)20-8-11-23-9-6-15(13-24)7-10-23/h1-5,15-16,24H,6-13,19H2,(H,20,22)/t16-/m1/s1. The van der Waals surface area contributed by atoms with Gasteiger partial charge in [0.1, 0.15) is 0 Å². The zero-order chi connectivity index (χ0) is 17.5. The molecular formula is C18H27N5O2. The number of nitrogens with one attached hydrogen (secondary N) is 1. The van der Waals surface area contributed by atoms with Gasteiger partial charge in [0.15, 0.2) is 0 Å². The Balaban J connectivity index is 1.41. The summed E-state index contributed by atoms with van der Waals surface area (Å²) >= 11 is 0. The summed E-state index contributed by atoms with van der Waals surface area (Å²) in [5.41, 5.74) is 7.31. The SMILES string of the molecule is N[C@H](Cc1ccccc1)c1nnc(NCCN2CCC(CO)CC2)o1. The van der Waals surface area contributed by atoms with Gasteiger partial charge in [-0.15, -0.1) is 5.10 Å². The monoisotopic (exact) mass is 345 g/mol. The molecule has 2 aromatic rings. The van der Waals surface area contributed by atoms with Crippen molar-refractivity contribution in [3.63, 3.8) is 0 Å². The van der Waals surface area contributed by atoms with Crippen LogP contribution in [-0.4, -0.2) is 53.0 Å². The number of aromatic nitrogens is 2. The van der Waals surface area contributed by atoms with Gasteiger partial charge in [0.05, 0.1) is 6.04 Å². The molecule has 1 saturated heterocycles. The fraction of sp³-hybridized carbons (Fsp3) is 0.556. The maximum Gasteiger partial charge on any atom is 0.315 e. The molecule has 7 heteroatoms. The predicted octanol–water partition coefficient (Wildman–Crippen LogP) is 1.43. The van der Waals surface area contributed by atoms with Crippen LogP contribution in [0.3, 0.4) is 0 Å². The minimum Gasteiger partial charge on any atom is -0.406 e. The Morgan fingerprint density at radius 1 is 1.24 bits per heavy atom. The highest BCUT2D eigenvalue weighted by Crippen LogP contribution is 2.18. The van der Waals surface area contributed by atoms with Gasteiger partial charge in [-0.05, 0) is 43.8 Å². The number of piperidine rings is 1. The molecule has 0 spiro atoms. The minimum absolute atomic E-state index is 0.303. The maximum atomic E-state index is 9.17. The van der Waals surface area contributed by atoms with Crippen LogP contribution in [0.25, 0.3) is 0 Å². The zero-order valence-electron chi connectivity index (χ0n) is 14.5. The van der Waals surface area contributed by atoms with E-state index in [1.807, 2.05) is 30.3 Å². The third kappa shape index (κ3) is 5.26. The summed E-state index contributed by atoms with van der Waals surface area (Å²) in [6.07, 6.45) is 2.80. The molecule has 0 saturated carbocycles. The molecule has 0 bridgehead atoms. The summed E-state index contributed by atoms with van der Waals surface area (Å²) in [4.78, 5) is 2.39. The van der Waals surface area contributed by atoms with Gasteiger partial charge in [0.2, 0.25) is 5.89 Å². The van der Waals surface area contributed by atoms with Crippen molar-refractivity contribution in [1.29, 1.82) is 0 Å². The lowest BCUT2D eigenvalue weighted by atomic mass is 9.98. The molecule has 1 fully saturated rings. The largest absolute Gasteiger partial charge is 0.406 e. The van der Waals surface area contributed by atoms with E-state index >= 15 is 0 Å². The van der Waals surface area contributed by atoms with Gasteiger partial charge in [0.25, 0.3) is 0 Å². The predicted molar refractivity (Wildman–Crippen MR) is 96.1 cm³/mol. The molecule has 3 rings (SSSR count). The van der Waals surface area contributed by atoms with Crippen molar-refractivity contribution in [2.24, 2.45) is 11.7 Å². The van der Waals surface area contributed by atoms with E-state index in [0.29, 0.717) is 30.9 Å². The fourth-order valence-corrected chi connectivity index (χ4v) is 3.12. The van der Waals surface area contributed by atoms with Crippen LogP contribution < -0.4 is 11.1 Å². The Morgan fingerprint density at radius 2 is 2.00 bits per heavy atom. The van der Waals surface area contributed by atoms with Crippen molar-refractivity contribution in [1.82, 2.24) is 15.1 Å². The fourth-order valence-electron chi connectivity index (χ4n) is 3.12. The molecule has 2 heterocycles. The molecule has 136 valence electrons. The molecule has 25 heavy (non-hydrogen) atoms. The van der Waals surface area contributed by atoms with Crippen molar-refractivity contribution in [2.75, 3.05) is 38.1 Å². The molecule has 0 amide bonds. The summed E-state index contributed by atoms with van der Waals surface area (Å²) in [5.74, 6) is 0.920. The molecule has 0 radical (unpaired) electrons. The molecule has 1 atom stereocenters. The first-order chi connectivity index (χ1) is 12.2. The van der Waals surface area contributed by atoms with E-state index in [9.17, 15) is 5.11 Å². The molecule has 1 aromatic carbocycles. The maximum absolute atomic E-state index is 9.17. The molecule has 4 N–H and O–H groups in total. The summed E-state index contributed by atoms with van der Waals surface area (Å²) in [5, 5.41) is 20.4. The Kier molecular flexibility index (Phi) is 6.38. The van der Waals surface area contributed by atoms with Gasteiger partial charge in [-0.25, -0.2) is 0 Å². The van der Waals surface area contributed by atoms with Gasteiger partial charge in [-0.3, -0.25) is 0 Å². The van der Waals surface area contributed by atoms with E-state index in [4.69, 9.17) is 10.2 Å². The molecule has 7 nitrogen and oxygen atoms in total. The smallest absolute Gasteiger partial charge is 0.315 e. The summed E-state index contributed by atoms with van der Waals surface area (Å²) < 4.78 is 5.63. The number of hydrogen-bond donors (Lipinski definition) is 3. The highest BCUT2D eigenvalue weighted by molar-refractivity contribution is 5.19. The van der Waals surface area contributed by atoms with E-state index in [-0.39, 0.29) is 6.04 Å². The van der Waals surface area contributed by atoms with Crippen LogP contribution in [0.15, 0.2) is 34.7 Å². The molecule has 0 aliphatic carbocycles. The normalized spacial score (nSPS) is 17.5. The highest BCUT2D eigenvalue weighted by Gasteiger charge is 2.18. The van der Waals surface area contributed by atoms with Crippen molar-refractivity contribution in [3.8, 4) is 0 Å². The first-order valence-corrected chi connectivity index (χ1v) is 8.94. The van der Waals surface area contributed by atoms with Crippen molar-refractivity contribution in [2.45, 2.75) is 25.3 Å². The topological polar surface area (TPSA) is 100 Å². The lowest BCUT2D eigenvalue weighted by molar-refractivity contribution is 0.134. The Labute approximate surface area is 148 Å². The van der Waals surface area contributed by atoms with Crippen LogP contribution in [0.1, 0.15) is 30.3 Å². The summed E-state index contributed by atoms with van der Waals surface area (Å²) in [7, 11) is 0. The van der Waals surface area contributed by atoms with Crippen LogP contribution in [0.5, 0.6) is 0 Å². The Hall–Kier alpha value is -1.96. The van der Waals surface area contributed by atoms with Crippen molar-refractivity contribution >= 4 is 6.01 Å². The second kappa shape index (κ2) is 8.94. The zero-order valence-corrected chi connectivity index (χ0v) is 14.5. The molecule has 1 aliphatic heterocycles. The molecule has 0 unspecified atom stereocenters. The van der Waals surface area contributed by atoms with Crippen LogP contribution in [0.2, 0.25) is 0 Å². The van der Waals surface area contributed by atoms with E-state index in [1.54, 1.807) is 0 Å². The quantitative estimate of drug-likeness (QED) is 0.665. The number of likely N-dealkylation sites (tertiary alicyclic amines) is 1. The number of nitrogens with two attached hydrogens (primary N) is 1. The molecule has 1 aliphatic rings. The average Bonchev–Trinajstić information content (AvgIpc) is 3.12. The van der Waals surface area contributed by atoms with Gasteiger partial charge >= 0.3 is 6.01 Å². The number of hydrogen-bond acceptors (Lipinski definition) is 7. The third-order valence-electron chi connectivity index (χ3n) is 4.73. The number of aliphatic hydroxyl groups is 1. The van der Waals surface area contributed by atoms with Gasteiger partial charge in [-0.1, -0.05) is 35.4 Å². The summed E-state index contributed by atoms with van der Waals surface area (Å²) in [6.45, 7) is 4.04. The number of rotatable bonds is 8. The van der Waals surface area contributed by atoms with E-state index in [2.05, 4.69) is 20.4 Å². The highest BCUT2D eigenvalue weighted by atomic mass is 16.4. The second-order valence-corrected chi connectivity index (χ2v) is 6.64. The van der Waals surface area contributed by atoms with E-state index in [0.717, 1.165) is 44.6 Å². The van der Waals surface area contributed by atoms with Crippen molar-refractivity contribution < 1.29 is 9.52 Å². The number of benzene rings is 1. The van der Waals surface area contributed by atoms with Gasteiger partial charge in [0, 0.05) is 19.7 Å². The Bertz CT molecular complexity index is 625. The number of aliphatic hydroxyl groups excluding tert-OH is 1. The lowest BCUT2D eigenvalue weighted by Crippen LogP contribution is -2.37. The molecular weight excluding hydrogens is 318 g/mol. The molecule has 1 aromatic heterocycles. The van der Waals surface area contributed by atoms with Crippen LogP contribution in [0, 0.1) is 5.92 Å². The first kappa shape index (κ1) is 17.8. The van der Waals surface area contributed by atoms with Gasteiger partial charge < -0.3 is 25.5 Å². The van der Waals surface area contributed by atoms with E-state index in [1.165, 1.54) is 0 Å². The lowest BCUT2D eigenvalue weighted by Gasteiger charge is -2.30. The van der Waals surface area contributed by atoms with Crippen LogP contribution >= 0.6 is 0 Å². The minimum atomic E-state index is -0.303. The number of anilines is 1. The third-order valence-corrected chi connectivity index (χ3v) is 4.73. The second-order valence-electron chi connectivity index (χ2n) is 6.64. The van der Waals surface area contributed by atoms with Crippen LogP contribution in [-0.2, 0) is 6.42 Å². The first-order valence-electron chi connectivity index (χ1n) is 8.94. The summed E-state index contributed by atoms with van der Waals surface area (Å²) in [6, 6.07) is 10.2. The number of nitrogens with zero attached hydrogens (tertiary/aromatic N) is 3. The average molecular weight is 345 g/mol. The van der Waals surface area contributed by atoms with Crippen molar-refractivity contribution in [3.05, 3.63) is 41.8 Å². The van der Waals surface area contributed by atoms with Gasteiger partial charge in [-0.2, -0.15) is 0 Å².